The maximum atomic E-state index is 8.99. The summed E-state index contributed by atoms with van der Waals surface area (Å²) in [7, 11) is 0. The fourth-order valence-corrected chi connectivity index (χ4v) is 1.59. The summed E-state index contributed by atoms with van der Waals surface area (Å²) in [5, 5.41) is 8.99. The number of rotatable bonds is 0. The molecule has 1 N–H and O–H groups in total. The van der Waals surface area contributed by atoms with E-state index in [-0.39, 0.29) is 26.2 Å². The van der Waals surface area contributed by atoms with Gasteiger partial charge in [-0.25, -0.2) is 24.3 Å². The van der Waals surface area contributed by atoms with Crippen molar-refractivity contribution in [2.75, 3.05) is 0 Å². The molecule has 0 aliphatic rings. The fourth-order valence-electron chi connectivity index (χ4n) is 1.59. The molecule has 2 heteroatoms. The van der Waals surface area contributed by atoms with Gasteiger partial charge in [0.1, 0.15) is 5.75 Å². The second-order valence-corrected chi connectivity index (χ2v) is 4.27. The average Bonchev–Trinajstić information content (AvgIpc) is 3.07. The Morgan fingerprint density at radius 3 is 1.25 bits per heavy atom. The van der Waals surface area contributed by atoms with Crippen molar-refractivity contribution in [2.24, 2.45) is 0 Å². The maximum absolute atomic E-state index is 8.99. The van der Waals surface area contributed by atoms with Crippen LogP contribution in [0.4, 0.5) is 0 Å². The van der Waals surface area contributed by atoms with E-state index in [1.807, 2.05) is 80.6 Å². The number of phenols is 1. The van der Waals surface area contributed by atoms with Gasteiger partial charge in [0.05, 0.1) is 0 Å². The largest absolute Gasteiger partial charge is 2.00 e. The second kappa shape index (κ2) is 11.4. The van der Waals surface area contributed by atoms with E-state index < -0.39 is 0 Å². The van der Waals surface area contributed by atoms with Gasteiger partial charge in [-0.2, -0.15) is 36.4 Å². The van der Waals surface area contributed by atoms with Crippen molar-refractivity contribution in [1.82, 2.24) is 0 Å². The van der Waals surface area contributed by atoms with Crippen LogP contribution in [0.3, 0.4) is 0 Å². The second-order valence-electron chi connectivity index (χ2n) is 4.27. The fraction of sp³-hybridized carbons (Fsp3) is 0.111. The zero-order valence-electron chi connectivity index (χ0n) is 12.0. The standard InChI is InChI=1S/C8H10O.2C5H5.Zr/c1-6-3-7(2)5-8(9)4-6;2*1-2-4-5-3-1;/h3-5,9H,1-2H3;2*1-5H;/q;2*-1;+2. The summed E-state index contributed by atoms with van der Waals surface area (Å²) in [6, 6.07) is 25.5. The van der Waals surface area contributed by atoms with Crippen LogP contribution in [0, 0.1) is 13.8 Å². The van der Waals surface area contributed by atoms with Crippen molar-refractivity contribution in [2.45, 2.75) is 13.8 Å². The smallest absolute Gasteiger partial charge is 0.508 e. The Kier molecular flexibility index (Phi) is 10.6. The van der Waals surface area contributed by atoms with E-state index in [0.29, 0.717) is 5.75 Å². The van der Waals surface area contributed by atoms with Crippen LogP contribution in [0.5, 0.6) is 5.75 Å². The van der Waals surface area contributed by atoms with Crippen LogP contribution in [0.25, 0.3) is 0 Å². The third kappa shape index (κ3) is 9.52. The first-order valence-electron chi connectivity index (χ1n) is 6.29. The van der Waals surface area contributed by atoms with Crippen LogP contribution in [0.1, 0.15) is 11.1 Å². The zero-order chi connectivity index (χ0) is 13.9. The monoisotopic (exact) mass is 342 g/mol. The van der Waals surface area contributed by atoms with Gasteiger partial charge in [0, 0.05) is 0 Å². The third-order valence-corrected chi connectivity index (χ3v) is 2.32. The third-order valence-electron chi connectivity index (χ3n) is 2.32. The van der Waals surface area contributed by atoms with Crippen molar-refractivity contribution in [3.8, 4) is 5.75 Å². The SMILES string of the molecule is Cc1cc(C)cc(O)c1.[Zr+2].c1cc[cH-]c1.c1cc[cH-]c1. The number of benzene rings is 1. The molecule has 0 bridgehead atoms. The van der Waals surface area contributed by atoms with Crippen molar-refractivity contribution in [3.63, 3.8) is 0 Å². The minimum atomic E-state index is 0. The molecule has 0 spiro atoms. The zero-order valence-corrected chi connectivity index (χ0v) is 14.4. The van der Waals surface area contributed by atoms with E-state index in [0.717, 1.165) is 11.1 Å². The van der Waals surface area contributed by atoms with E-state index in [2.05, 4.69) is 0 Å². The Bertz CT molecular complexity index is 413. The molecule has 0 fully saturated rings. The van der Waals surface area contributed by atoms with Crippen LogP contribution >= 0.6 is 0 Å². The molecule has 0 aromatic heterocycles. The molecule has 0 aliphatic heterocycles. The minimum Gasteiger partial charge on any atom is -0.508 e. The summed E-state index contributed by atoms with van der Waals surface area (Å²) in [4.78, 5) is 0. The van der Waals surface area contributed by atoms with Gasteiger partial charge in [-0.15, -0.1) is 0 Å². The molecule has 0 heterocycles. The van der Waals surface area contributed by atoms with Crippen molar-refractivity contribution in [3.05, 3.63) is 90.0 Å². The molecule has 0 saturated heterocycles. The minimum absolute atomic E-state index is 0. The van der Waals surface area contributed by atoms with Crippen molar-refractivity contribution >= 4 is 0 Å². The van der Waals surface area contributed by atoms with Crippen molar-refractivity contribution < 1.29 is 31.3 Å². The van der Waals surface area contributed by atoms with E-state index in [4.69, 9.17) is 5.11 Å². The summed E-state index contributed by atoms with van der Waals surface area (Å²) in [5.41, 5.74) is 2.21. The predicted molar refractivity (Wildman–Crippen MR) is 81.7 cm³/mol. The first-order valence-corrected chi connectivity index (χ1v) is 6.29. The van der Waals surface area contributed by atoms with Gasteiger partial charge in [0.15, 0.2) is 0 Å². The summed E-state index contributed by atoms with van der Waals surface area (Å²) >= 11 is 0. The summed E-state index contributed by atoms with van der Waals surface area (Å²) in [5.74, 6) is 0.354. The summed E-state index contributed by atoms with van der Waals surface area (Å²) in [6.45, 7) is 3.93. The molecule has 20 heavy (non-hydrogen) atoms. The van der Waals surface area contributed by atoms with Gasteiger partial charge in [0.25, 0.3) is 0 Å². The van der Waals surface area contributed by atoms with Gasteiger partial charge >= 0.3 is 26.2 Å². The Labute approximate surface area is 140 Å². The molecule has 3 aromatic rings. The Morgan fingerprint density at radius 1 is 0.700 bits per heavy atom. The van der Waals surface area contributed by atoms with E-state index in [1.54, 1.807) is 12.1 Å². The number of hydrogen-bond donors (Lipinski definition) is 1. The molecule has 0 unspecified atom stereocenters. The molecule has 0 atom stereocenters. The first kappa shape index (κ1) is 18.6. The number of phenolic OH excluding ortho intramolecular Hbond substituents is 1. The molecule has 102 valence electrons. The molecule has 0 saturated carbocycles. The molecule has 0 amide bonds. The van der Waals surface area contributed by atoms with Crippen LogP contribution in [0.2, 0.25) is 0 Å². The molecule has 0 aliphatic carbocycles. The van der Waals surface area contributed by atoms with Gasteiger partial charge in [-0.3, -0.25) is 0 Å². The quantitative estimate of drug-likeness (QED) is 0.580. The average molecular weight is 344 g/mol. The van der Waals surface area contributed by atoms with Crippen LogP contribution in [0.15, 0.2) is 78.9 Å². The van der Waals surface area contributed by atoms with Gasteiger partial charge < -0.3 is 5.11 Å². The summed E-state index contributed by atoms with van der Waals surface area (Å²) in [6.07, 6.45) is 0. The maximum Gasteiger partial charge on any atom is 2.00 e. The molecular formula is C18H20OZr. The van der Waals surface area contributed by atoms with Crippen LogP contribution in [-0.4, -0.2) is 5.11 Å². The van der Waals surface area contributed by atoms with Crippen LogP contribution < -0.4 is 0 Å². The van der Waals surface area contributed by atoms with Crippen LogP contribution in [-0.2, 0) is 26.2 Å². The normalized spacial score (nSPS) is 8.30. The van der Waals surface area contributed by atoms with Gasteiger partial charge in [-0.05, 0) is 37.1 Å². The number of aryl methyl sites for hydroxylation is 2. The Balaban J connectivity index is 0.000000282. The molecule has 1 nitrogen and oxygen atoms in total. The first-order chi connectivity index (χ1) is 9.18. The van der Waals surface area contributed by atoms with E-state index >= 15 is 0 Å². The topological polar surface area (TPSA) is 20.2 Å². The predicted octanol–water partition coefficient (Wildman–Crippen LogP) is 4.82. The molecular weight excluding hydrogens is 323 g/mol. The van der Waals surface area contributed by atoms with Gasteiger partial charge in [0.2, 0.25) is 0 Å². The Morgan fingerprint density at radius 2 is 1.05 bits per heavy atom. The van der Waals surface area contributed by atoms with Crippen molar-refractivity contribution in [1.29, 1.82) is 0 Å². The molecule has 3 rings (SSSR count). The van der Waals surface area contributed by atoms with E-state index in [1.165, 1.54) is 0 Å². The number of hydrogen-bond acceptors (Lipinski definition) is 1. The summed E-state index contributed by atoms with van der Waals surface area (Å²) < 4.78 is 0. The van der Waals surface area contributed by atoms with E-state index in [9.17, 15) is 0 Å². The Hall–Kier alpha value is -1.40. The molecule has 0 radical (unpaired) electrons. The molecule has 3 aromatic carbocycles. The van der Waals surface area contributed by atoms with Gasteiger partial charge in [-0.1, -0.05) is 6.07 Å². The number of aromatic hydroxyl groups is 1.